The van der Waals surface area contributed by atoms with Gasteiger partial charge in [0.05, 0.1) is 17.1 Å². The van der Waals surface area contributed by atoms with Gasteiger partial charge in [0, 0.05) is 43.5 Å². The monoisotopic (exact) mass is 289 g/mol. The van der Waals surface area contributed by atoms with E-state index in [2.05, 4.69) is 51.4 Å². The summed E-state index contributed by atoms with van der Waals surface area (Å²) in [5, 5.41) is 10.0. The molecular formula is C14H19N5S. The summed E-state index contributed by atoms with van der Waals surface area (Å²) >= 11 is 1.67. The van der Waals surface area contributed by atoms with Crippen LogP contribution in [0.2, 0.25) is 0 Å². The number of nitrogens with one attached hydrogen (secondary N) is 1. The zero-order valence-corrected chi connectivity index (χ0v) is 12.9. The van der Waals surface area contributed by atoms with Crippen LogP contribution in [0.1, 0.15) is 29.6 Å². The smallest absolute Gasteiger partial charge is 0.194 e. The first-order valence-corrected chi connectivity index (χ1v) is 7.70. The molecule has 3 aromatic rings. The van der Waals surface area contributed by atoms with Crippen molar-refractivity contribution in [3.8, 4) is 0 Å². The van der Waals surface area contributed by atoms with Crippen molar-refractivity contribution < 1.29 is 0 Å². The Bertz CT molecular complexity index is 721. The predicted octanol–water partition coefficient (Wildman–Crippen LogP) is 2.29. The number of thiazole rings is 1. The summed E-state index contributed by atoms with van der Waals surface area (Å²) in [6, 6.07) is 0. The molecule has 106 valence electrons. The van der Waals surface area contributed by atoms with E-state index in [9.17, 15) is 0 Å². The molecule has 3 rings (SSSR count). The fraction of sp³-hybridized carbons (Fsp3) is 0.429. The second kappa shape index (κ2) is 5.38. The summed E-state index contributed by atoms with van der Waals surface area (Å²) in [5.74, 6) is 0. The van der Waals surface area contributed by atoms with Crippen molar-refractivity contribution in [1.29, 1.82) is 0 Å². The lowest BCUT2D eigenvalue weighted by Gasteiger charge is -2.05. The molecule has 6 heteroatoms. The van der Waals surface area contributed by atoms with E-state index in [-0.39, 0.29) is 0 Å². The number of aryl methyl sites for hydroxylation is 3. The Morgan fingerprint density at radius 3 is 3.00 bits per heavy atom. The number of aromatic nitrogens is 4. The highest BCUT2D eigenvalue weighted by Gasteiger charge is 2.10. The zero-order valence-electron chi connectivity index (χ0n) is 12.1. The van der Waals surface area contributed by atoms with Crippen molar-refractivity contribution in [2.45, 2.75) is 33.4 Å². The third-order valence-electron chi connectivity index (χ3n) is 3.50. The maximum atomic E-state index is 4.56. The molecular weight excluding hydrogens is 270 g/mol. The van der Waals surface area contributed by atoms with Crippen molar-refractivity contribution in [3.05, 3.63) is 40.4 Å². The first-order valence-electron chi connectivity index (χ1n) is 6.82. The molecule has 0 aliphatic heterocycles. The number of rotatable bonds is 5. The molecule has 0 unspecified atom stereocenters. The van der Waals surface area contributed by atoms with Gasteiger partial charge in [-0.15, -0.1) is 11.3 Å². The van der Waals surface area contributed by atoms with E-state index >= 15 is 0 Å². The van der Waals surface area contributed by atoms with Crippen LogP contribution in [0.15, 0.2) is 17.8 Å². The molecule has 0 aliphatic carbocycles. The van der Waals surface area contributed by atoms with Crippen LogP contribution in [0.5, 0.6) is 0 Å². The molecule has 1 N–H and O–H groups in total. The highest BCUT2D eigenvalue weighted by Crippen LogP contribution is 2.16. The van der Waals surface area contributed by atoms with E-state index in [4.69, 9.17) is 0 Å². The largest absolute Gasteiger partial charge is 0.307 e. The molecule has 0 fully saturated rings. The summed E-state index contributed by atoms with van der Waals surface area (Å²) < 4.78 is 4.05. The molecule has 0 aliphatic rings. The van der Waals surface area contributed by atoms with Crippen molar-refractivity contribution in [2.24, 2.45) is 7.05 Å². The maximum Gasteiger partial charge on any atom is 0.194 e. The van der Waals surface area contributed by atoms with Crippen LogP contribution >= 0.6 is 11.3 Å². The Kier molecular flexibility index (Phi) is 3.58. The van der Waals surface area contributed by atoms with Gasteiger partial charge in [-0.05, 0) is 13.3 Å². The van der Waals surface area contributed by atoms with Crippen LogP contribution in [0.3, 0.4) is 0 Å². The van der Waals surface area contributed by atoms with Crippen LogP contribution in [0, 0.1) is 6.92 Å². The average Bonchev–Trinajstić information content (AvgIpc) is 3.07. The van der Waals surface area contributed by atoms with Gasteiger partial charge in [0.2, 0.25) is 0 Å². The first-order chi connectivity index (χ1) is 9.69. The molecule has 0 amide bonds. The first kappa shape index (κ1) is 13.3. The number of hydrogen-bond acceptors (Lipinski definition) is 4. The molecule has 0 spiro atoms. The minimum Gasteiger partial charge on any atom is -0.307 e. The van der Waals surface area contributed by atoms with Gasteiger partial charge in [-0.2, -0.15) is 5.10 Å². The van der Waals surface area contributed by atoms with E-state index in [1.54, 1.807) is 11.3 Å². The van der Waals surface area contributed by atoms with Gasteiger partial charge >= 0.3 is 0 Å². The Morgan fingerprint density at radius 2 is 2.20 bits per heavy atom. The lowest BCUT2D eigenvalue weighted by atomic mass is 10.2. The Morgan fingerprint density at radius 1 is 1.35 bits per heavy atom. The Labute approximate surface area is 122 Å². The quantitative estimate of drug-likeness (QED) is 0.784. The fourth-order valence-corrected chi connectivity index (χ4v) is 3.28. The molecule has 0 atom stereocenters. The standard InChI is InChI=1S/C14H19N5S/c1-4-12-11(9-18(3)17-12)7-15-8-13-10(2)16-14-19(13)5-6-20-14/h5-6,9,15H,4,7-8H2,1-3H3. The van der Waals surface area contributed by atoms with E-state index < -0.39 is 0 Å². The van der Waals surface area contributed by atoms with Crippen molar-refractivity contribution in [3.63, 3.8) is 0 Å². The summed E-state index contributed by atoms with van der Waals surface area (Å²) in [7, 11) is 1.97. The molecule has 0 aromatic carbocycles. The summed E-state index contributed by atoms with van der Waals surface area (Å²) in [6.07, 6.45) is 5.14. The predicted molar refractivity (Wildman–Crippen MR) is 80.9 cm³/mol. The lowest BCUT2D eigenvalue weighted by molar-refractivity contribution is 0.668. The molecule has 20 heavy (non-hydrogen) atoms. The van der Waals surface area contributed by atoms with Crippen LogP contribution in [0.25, 0.3) is 4.96 Å². The average molecular weight is 289 g/mol. The summed E-state index contributed by atoms with van der Waals surface area (Å²) in [6.45, 7) is 5.87. The number of nitrogens with zero attached hydrogens (tertiary/aromatic N) is 4. The van der Waals surface area contributed by atoms with E-state index in [1.807, 2.05) is 11.7 Å². The second-order valence-electron chi connectivity index (χ2n) is 4.93. The van der Waals surface area contributed by atoms with Crippen molar-refractivity contribution in [1.82, 2.24) is 24.5 Å². The van der Waals surface area contributed by atoms with Gasteiger partial charge in [0.25, 0.3) is 0 Å². The molecule has 3 heterocycles. The zero-order chi connectivity index (χ0) is 14.1. The minimum atomic E-state index is 0.821. The lowest BCUT2D eigenvalue weighted by Crippen LogP contribution is -2.15. The minimum absolute atomic E-state index is 0.821. The molecule has 5 nitrogen and oxygen atoms in total. The fourth-order valence-electron chi connectivity index (χ4n) is 2.50. The van der Waals surface area contributed by atoms with Gasteiger partial charge in [-0.25, -0.2) is 4.98 Å². The molecule has 0 bridgehead atoms. The van der Waals surface area contributed by atoms with Gasteiger partial charge in [-0.1, -0.05) is 6.92 Å². The van der Waals surface area contributed by atoms with Gasteiger partial charge in [0.15, 0.2) is 4.96 Å². The third kappa shape index (κ3) is 2.36. The van der Waals surface area contributed by atoms with Gasteiger partial charge in [-0.3, -0.25) is 9.08 Å². The number of imidazole rings is 1. The van der Waals surface area contributed by atoms with Crippen LogP contribution in [0.4, 0.5) is 0 Å². The van der Waals surface area contributed by atoms with Crippen LogP contribution in [-0.4, -0.2) is 19.2 Å². The molecule has 0 saturated carbocycles. The number of hydrogen-bond donors (Lipinski definition) is 1. The SMILES string of the molecule is CCc1nn(C)cc1CNCc1c(C)nc2sccn12. The maximum absolute atomic E-state index is 4.56. The van der Waals surface area contributed by atoms with Crippen LogP contribution < -0.4 is 5.32 Å². The van der Waals surface area contributed by atoms with Crippen LogP contribution in [-0.2, 0) is 26.6 Å². The normalized spacial score (nSPS) is 11.6. The van der Waals surface area contributed by atoms with Crippen molar-refractivity contribution in [2.75, 3.05) is 0 Å². The summed E-state index contributed by atoms with van der Waals surface area (Å²) in [4.78, 5) is 5.63. The van der Waals surface area contributed by atoms with Gasteiger partial charge in [0.1, 0.15) is 0 Å². The van der Waals surface area contributed by atoms with E-state index in [0.717, 1.165) is 30.2 Å². The highest BCUT2D eigenvalue weighted by molar-refractivity contribution is 7.15. The Balaban J connectivity index is 1.70. The second-order valence-corrected chi connectivity index (χ2v) is 5.80. The number of fused-ring (bicyclic) bond motifs is 1. The molecule has 0 radical (unpaired) electrons. The third-order valence-corrected chi connectivity index (χ3v) is 4.25. The summed E-state index contributed by atoms with van der Waals surface area (Å²) in [5.41, 5.74) is 4.79. The highest BCUT2D eigenvalue weighted by atomic mass is 32.1. The molecule has 0 saturated heterocycles. The topological polar surface area (TPSA) is 47.2 Å². The Hall–Kier alpha value is -1.66. The van der Waals surface area contributed by atoms with E-state index in [0.29, 0.717) is 0 Å². The van der Waals surface area contributed by atoms with Gasteiger partial charge < -0.3 is 5.32 Å². The molecule has 3 aromatic heterocycles. The van der Waals surface area contributed by atoms with Crippen molar-refractivity contribution >= 4 is 16.3 Å². The van der Waals surface area contributed by atoms with E-state index in [1.165, 1.54) is 17.0 Å².